The van der Waals surface area contributed by atoms with Crippen molar-refractivity contribution in [3.8, 4) is 17.1 Å². The van der Waals surface area contributed by atoms with E-state index in [2.05, 4.69) is 67.5 Å². The van der Waals surface area contributed by atoms with Crippen molar-refractivity contribution < 1.29 is 23.5 Å². The lowest BCUT2D eigenvalue weighted by Gasteiger charge is -2.25. The zero-order valence-electron chi connectivity index (χ0n) is 34.9. The fourth-order valence-electron chi connectivity index (χ4n) is 6.70. The summed E-state index contributed by atoms with van der Waals surface area (Å²) in [6.45, 7) is 8.23. The Bertz CT molecular complexity index is 2550. The molecule has 5 N–H and O–H groups in total. The molecule has 1 heterocycles. The topological polar surface area (TPSA) is 159 Å². The van der Waals surface area contributed by atoms with Crippen molar-refractivity contribution in [3.63, 3.8) is 0 Å². The van der Waals surface area contributed by atoms with Gasteiger partial charge in [-0.05, 0) is 82.8 Å². The predicted octanol–water partition coefficient (Wildman–Crippen LogP) is 9.39. The summed E-state index contributed by atoms with van der Waals surface area (Å²) in [5.41, 5.74) is 4.38. The Balaban J connectivity index is 0.972. The Kier molecular flexibility index (Phi) is 13.1. The summed E-state index contributed by atoms with van der Waals surface area (Å²) in [4.78, 5) is 52.5. The molecule has 6 aromatic rings. The number of rotatable bonds is 16. The maximum Gasteiger partial charge on any atom is 0.323 e. The summed E-state index contributed by atoms with van der Waals surface area (Å²) >= 11 is 6.16. The van der Waals surface area contributed by atoms with Gasteiger partial charge in [-0.15, -0.1) is 0 Å². The Morgan fingerprint density at radius 2 is 1.47 bits per heavy atom. The molecule has 1 aliphatic rings. The number of carbonyl (C=O) groups excluding carboxylic acids is 3. The number of amides is 3. The minimum Gasteiger partial charge on any atom is -0.458 e. The number of carbonyl (C=O) groups is 3. The van der Waals surface area contributed by atoms with Crippen molar-refractivity contribution in [2.45, 2.75) is 58.6 Å². The Hall–Kier alpha value is -6.86. The average molecular weight is 855 g/mol. The first kappa shape index (κ1) is 43.2. The monoisotopic (exact) mass is 854 g/mol. The van der Waals surface area contributed by atoms with E-state index in [0.717, 1.165) is 35.1 Å². The number of hydrogen-bond donors (Lipinski definition) is 5. The minimum atomic E-state index is -0.828. The first-order chi connectivity index (χ1) is 29.8. The molecule has 1 fully saturated rings. The Labute approximate surface area is 365 Å². The van der Waals surface area contributed by atoms with Crippen molar-refractivity contribution in [2.75, 3.05) is 29.0 Å². The SMILES string of the molecule is CC(C)c1ccc(COc2nc(Nc3ccc(C(=O)NCC(C)(C)CNC(=O)C(=O)Nc4ccccc4-c4ccccc4)c(F)c3)nc(NC3(c4ccc(Cl)cc4)CC3)n2)cc1. The van der Waals surface area contributed by atoms with E-state index in [1.165, 1.54) is 17.7 Å². The minimum absolute atomic E-state index is 0.0604. The van der Waals surface area contributed by atoms with Crippen LogP contribution in [0.1, 0.15) is 73.5 Å². The first-order valence-electron chi connectivity index (χ1n) is 20.4. The number of benzene rings is 5. The summed E-state index contributed by atoms with van der Waals surface area (Å²) in [6, 6.07) is 36.6. The molecule has 1 saturated carbocycles. The Morgan fingerprint density at radius 3 is 2.16 bits per heavy atom. The number of nitrogens with one attached hydrogen (secondary N) is 5. The van der Waals surface area contributed by atoms with E-state index in [0.29, 0.717) is 16.6 Å². The maximum absolute atomic E-state index is 15.6. The number of para-hydroxylation sites is 1. The second-order valence-electron chi connectivity index (χ2n) is 16.4. The van der Waals surface area contributed by atoms with Crippen molar-refractivity contribution in [2.24, 2.45) is 5.41 Å². The summed E-state index contributed by atoms with van der Waals surface area (Å²) in [5, 5.41) is 15.2. The van der Waals surface area contributed by atoms with Gasteiger partial charge in [-0.1, -0.05) is 124 Å². The number of anilines is 4. The summed E-state index contributed by atoms with van der Waals surface area (Å²) in [7, 11) is 0. The van der Waals surface area contributed by atoms with Crippen LogP contribution in [0.4, 0.5) is 27.7 Å². The molecule has 0 radical (unpaired) electrons. The molecule has 5 aromatic carbocycles. The number of ether oxygens (including phenoxy) is 1. The van der Waals surface area contributed by atoms with Crippen LogP contribution in [0.3, 0.4) is 0 Å². The maximum atomic E-state index is 15.6. The van der Waals surface area contributed by atoms with Gasteiger partial charge in [-0.25, -0.2) is 4.39 Å². The molecule has 1 aromatic heterocycles. The van der Waals surface area contributed by atoms with Crippen molar-refractivity contribution >= 4 is 52.6 Å². The molecule has 62 heavy (non-hydrogen) atoms. The van der Waals surface area contributed by atoms with Crippen LogP contribution >= 0.6 is 11.6 Å². The van der Waals surface area contributed by atoms with Gasteiger partial charge in [0.1, 0.15) is 12.4 Å². The van der Waals surface area contributed by atoms with Crippen molar-refractivity contribution in [1.82, 2.24) is 25.6 Å². The molecule has 0 spiro atoms. The van der Waals surface area contributed by atoms with E-state index in [-0.39, 0.29) is 48.9 Å². The van der Waals surface area contributed by atoms with Gasteiger partial charge < -0.3 is 31.3 Å². The number of aromatic nitrogens is 3. The normalized spacial score (nSPS) is 12.9. The molecule has 0 aliphatic heterocycles. The van der Waals surface area contributed by atoms with Gasteiger partial charge in [0.25, 0.3) is 5.91 Å². The predicted molar refractivity (Wildman–Crippen MR) is 240 cm³/mol. The highest BCUT2D eigenvalue weighted by Crippen LogP contribution is 2.48. The van der Waals surface area contributed by atoms with Gasteiger partial charge in [0.05, 0.1) is 11.1 Å². The molecule has 0 saturated heterocycles. The van der Waals surface area contributed by atoms with Crippen LogP contribution in [0.25, 0.3) is 11.1 Å². The molecule has 3 amide bonds. The number of hydrogen-bond acceptors (Lipinski definition) is 9. The van der Waals surface area contributed by atoms with Crippen LogP contribution in [0.5, 0.6) is 6.01 Å². The van der Waals surface area contributed by atoms with Crippen LogP contribution in [0, 0.1) is 11.2 Å². The van der Waals surface area contributed by atoms with E-state index in [1.54, 1.807) is 32.0 Å². The van der Waals surface area contributed by atoms with Gasteiger partial charge in [0.15, 0.2) is 0 Å². The smallest absolute Gasteiger partial charge is 0.323 e. The van der Waals surface area contributed by atoms with Crippen LogP contribution in [0.2, 0.25) is 5.02 Å². The summed E-state index contributed by atoms with van der Waals surface area (Å²) in [6.07, 6.45) is 1.70. The third-order valence-corrected chi connectivity index (χ3v) is 10.8. The van der Waals surface area contributed by atoms with Gasteiger partial charge in [0.2, 0.25) is 11.9 Å². The van der Waals surface area contributed by atoms with Gasteiger partial charge in [-0.3, -0.25) is 14.4 Å². The molecule has 7 rings (SSSR count). The molecule has 318 valence electrons. The zero-order valence-corrected chi connectivity index (χ0v) is 35.6. The lowest BCUT2D eigenvalue weighted by atomic mass is 9.93. The first-order valence-corrected chi connectivity index (χ1v) is 20.7. The van der Waals surface area contributed by atoms with Crippen LogP contribution < -0.4 is 31.3 Å². The third-order valence-electron chi connectivity index (χ3n) is 10.5. The highest BCUT2D eigenvalue weighted by atomic mass is 35.5. The quantitative estimate of drug-likeness (QED) is 0.0598. The second kappa shape index (κ2) is 18.8. The summed E-state index contributed by atoms with van der Waals surface area (Å²) in [5.74, 6) is -2.31. The van der Waals surface area contributed by atoms with Crippen molar-refractivity contribution in [1.29, 1.82) is 0 Å². The lowest BCUT2D eigenvalue weighted by molar-refractivity contribution is -0.136. The third kappa shape index (κ3) is 11.1. The molecule has 0 unspecified atom stereocenters. The van der Waals surface area contributed by atoms with Crippen molar-refractivity contribution in [3.05, 3.63) is 154 Å². The van der Waals surface area contributed by atoms with E-state index in [9.17, 15) is 14.4 Å². The van der Waals surface area contributed by atoms with E-state index < -0.39 is 34.5 Å². The highest BCUT2D eigenvalue weighted by Gasteiger charge is 2.45. The number of nitrogens with zero attached hydrogens (tertiary/aromatic N) is 3. The zero-order chi connectivity index (χ0) is 43.9. The molecule has 12 nitrogen and oxygen atoms in total. The highest BCUT2D eigenvalue weighted by molar-refractivity contribution is 6.40. The largest absolute Gasteiger partial charge is 0.458 e. The number of halogens is 2. The molecule has 0 bridgehead atoms. The lowest BCUT2D eigenvalue weighted by Crippen LogP contribution is -2.45. The fraction of sp³-hybridized carbons (Fsp3) is 0.250. The Morgan fingerprint density at radius 1 is 0.790 bits per heavy atom. The molecular formula is C48H48ClFN8O4. The summed E-state index contributed by atoms with van der Waals surface area (Å²) < 4.78 is 21.6. The van der Waals surface area contributed by atoms with Gasteiger partial charge in [-0.2, -0.15) is 15.0 Å². The van der Waals surface area contributed by atoms with Gasteiger partial charge in [0, 0.05) is 35.1 Å². The fourth-order valence-corrected chi connectivity index (χ4v) is 6.82. The average Bonchev–Trinajstić information content (AvgIpc) is 4.05. The van der Waals surface area contributed by atoms with E-state index in [1.807, 2.05) is 78.9 Å². The van der Waals surface area contributed by atoms with Crippen LogP contribution in [-0.4, -0.2) is 45.8 Å². The van der Waals surface area contributed by atoms with E-state index >= 15 is 4.39 Å². The molecular weight excluding hydrogens is 807 g/mol. The van der Waals surface area contributed by atoms with Crippen LogP contribution in [-0.2, 0) is 21.7 Å². The standard InChI is InChI=1S/C48H48ClFN8O4/c1-30(2)32-16-14-31(15-17-32)27-62-46-56-44(55-45(57-46)58-48(24-25-48)34-18-20-35(49)21-19-34)53-36-22-23-38(39(50)26-36)41(59)51-28-47(3,4)29-52-42(60)43(61)54-40-13-9-8-12-37(40)33-10-6-5-7-11-33/h5-23,26,30H,24-25,27-29H2,1-4H3,(H,51,59)(H,52,60)(H,54,61)(H2,53,55,56,57,58). The molecule has 1 aliphatic carbocycles. The van der Waals surface area contributed by atoms with E-state index in [4.69, 9.17) is 16.3 Å². The molecule has 0 atom stereocenters. The van der Waals surface area contributed by atoms with Crippen LogP contribution in [0.15, 0.2) is 121 Å². The van der Waals surface area contributed by atoms with Gasteiger partial charge >= 0.3 is 17.8 Å². The molecule has 14 heteroatoms. The second-order valence-corrected chi connectivity index (χ2v) is 16.8.